The summed E-state index contributed by atoms with van der Waals surface area (Å²) < 4.78 is 9.95. The smallest absolute Gasteiger partial charge is 0.337 e. The summed E-state index contributed by atoms with van der Waals surface area (Å²) in [6, 6.07) is 14.7. The SMILES string of the molecule is COC(=O)c1ccc(C(=O)N2CCN(Cc3cccc(OC)c3)CC2)cc1. The maximum Gasteiger partial charge on any atom is 0.337 e. The molecule has 2 aromatic rings. The predicted octanol–water partition coefficient (Wildman–Crippen LogP) is 2.44. The van der Waals surface area contributed by atoms with Crippen molar-refractivity contribution in [3.8, 4) is 5.75 Å². The van der Waals surface area contributed by atoms with Crippen LogP contribution in [0.4, 0.5) is 0 Å². The summed E-state index contributed by atoms with van der Waals surface area (Å²) in [5.41, 5.74) is 2.23. The number of rotatable bonds is 5. The van der Waals surface area contributed by atoms with Gasteiger partial charge < -0.3 is 14.4 Å². The first-order valence-electron chi connectivity index (χ1n) is 8.93. The summed E-state index contributed by atoms with van der Waals surface area (Å²) in [6.07, 6.45) is 0. The van der Waals surface area contributed by atoms with Gasteiger partial charge in [0.25, 0.3) is 5.91 Å². The van der Waals surface area contributed by atoms with E-state index in [1.807, 2.05) is 23.1 Å². The van der Waals surface area contributed by atoms with Crippen molar-refractivity contribution in [1.82, 2.24) is 9.80 Å². The van der Waals surface area contributed by atoms with Crippen molar-refractivity contribution >= 4 is 11.9 Å². The maximum atomic E-state index is 12.7. The number of carbonyl (C=O) groups excluding carboxylic acids is 2. The highest BCUT2D eigenvalue weighted by molar-refractivity contribution is 5.96. The molecule has 6 heteroatoms. The lowest BCUT2D eigenvalue weighted by molar-refractivity contribution is 0.0596. The van der Waals surface area contributed by atoms with Gasteiger partial charge in [-0.15, -0.1) is 0 Å². The first-order valence-corrected chi connectivity index (χ1v) is 8.93. The second-order valence-electron chi connectivity index (χ2n) is 6.49. The van der Waals surface area contributed by atoms with Crippen LogP contribution in [-0.4, -0.2) is 62.1 Å². The van der Waals surface area contributed by atoms with Crippen molar-refractivity contribution in [2.75, 3.05) is 40.4 Å². The summed E-state index contributed by atoms with van der Waals surface area (Å²) >= 11 is 0. The van der Waals surface area contributed by atoms with Gasteiger partial charge in [-0.1, -0.05) is 12.1 Å². The molecule has 0 unspecified atom stereocenters. The van der Waals surface area contributed by atoms with Gasteiger partial charge >= 0.3 is 5.97 Å². The van der Waals surface area contributed by atoms with Crippen LogP contribution in [0, 0.1) is 0 Å². The molecule has 0 N–H and O–H groups in total. The molecule has 0 atom stereocenters. The second-order valence-corrected chi connectivity index (χ2v) is 6.49. The number of benzene rings is 2. The van der Waals surface area contributed by atoms with Crippen LogP contribution in [0.15, 0.2) is 48.5 Å². The Bertz CT molecular complexity index is 796. The number of esters is 1. The van der Waals surface area contributed by atoms with E-state index in [0.717, 1.165) is 25.4 Å². The number of hydrogen-bond acceptors (Lipinski definition) is 5. The molecule has 0 saturated carbocycles. The number of nitrogens with zero attached hydrogens (tertiary/aromatic N) is 2. The minimum absolute atomic E-state index is 0.00699. The second kappa shape index (κ2) is 8.68. The van der Waals surface area contributed by atoms with Crippen LogP contribution in [0.5, 0.6) is 5.75 Å². The van der Waals surface area contributed by atoms with Gasteiger partial charge in [0.15, 0.2) is 0 Å². The van der Waals surface area contributed by atoms with Crippen LogP contribution in [0.2, 0.25) is 0 Å². The van der Waals surface area contributed by atoms with E-state index in [9.17, 15) is 9.59 Å². The number of carbonyl (C=O) groups is 2. The summed E-state index contributed by atoms with van der Waals surface area (Å²) in [7, 11) is 3.01. The van der Waals surface area contributed by atoms with Gasteiger partial charge in [0.05, 0.1) is 19.8 Å². The van der Waals surface area contributed by atoms with Crippen molar-refractivity contribution in [2.24, 2.45) is 0 Å². The van der Waals surface area contributed by atoms with Crippen LogP contribution in [0.3, 0.4) is 0 Å². The van der Waals surface area contributed by atoms with Crippen molar-refractivity contribution in [3.63, 3.8) is 0 Å². The molecule has 3 rings (SSSR count). The molecule has 27 heavy (non-hydrogen) atoms. The molecule has 142 valence electrons. The number of amides is 1. The van der Waals surface area contributed by atoms with E-state index in [1.165, 1.54) is 12.7 Å². The monoisotopic (exact) mass is 368 g/mol. The molecular formula is C21H24N2O4. The maximum absolute atomic E-state index is 12.7. The molecule has 1 fully saturated rings. The molecule has 0 aromatic heterocycles. The van der Waals surface area contributed by atoms with E-state index in [4.69, 9.17) is 4.74 Å². The van der Waals surface area contributed by atoms with Gasteiger partial charge in [-0.05, 0) is 42.0 Å². The Hall–Kier alpha value is -2.86. The van der Waals surface area contributed by atoms with E-state index < -0.39 is 5.97 Å². The lowest BCUT2D eigenvalue weighted by atomic mass is 10.1. The zero-order chi connectivity index (χ0) is 19.2. The van der Waals surface area contributed by atoms with Gasteiger partial charge in [-0.2, -0.15) is 0 Å². The molecule has 2 aromatic carbocycles. The third kappa shape index (κ3) is 4.65. The first-order chi connectivity index (χ1) is 13.1. The van der Waals surface area contributed by atoms with Crippen molar-refractivity contribution < 1.29 is 19.1 Å². The zero-order valence-corrected chi connectivity index (χ0v) is 15.7. The van der Waals surface area contributed by atoms with Gasteiger partial charge in [-0.3, -0.25) is 9.69 Å². The van der Waals surface area contributed by atoms with Gasteiger partial charge in [0.1, 0.15) is 5.75 Å². The van der Waals surface area contributed by atoms with E-state index in [2.05, 4.69) is 15.7 Å². The number of methoxy groups -OCH3 is 2. The summed E-state index contributed by atoms with van der Waals surface area (Å²) in [5.74, 6) is 0.448. The topological polar surface area (TPSA) is 59.1 Å². The van der Waals surface area contributed by atoms with Crippen molar-refractivity contribution in [2.45, 2.75) is 6.54 Å². The molecule has 1 aliphatic heterocycles. The number of piperazine rings is 1. The molecule has 1 saturated heterocycles. The molecule has 1 heterocycles. The average molecular weight is 368 g/mol. The molecule has 0 spiro atoms. The molecular weight excluding hydrogens is 344 g/mol. The summed E-state index contributed by atoms with van der Waals surface area (Å²) in [6.45, 7) is 3.85. The van der Waals surface area contributed by atoms with Gasteiger partial charge in [-0.25, -0.2) is 4.79 Å². The Balaban J connectivity index is 1.55. The quantitative estimate of drug-likeness (QED) is 0.759. The van der Waals surface area contributed by atoms with E-state index in [-0.39, 0.29) is 5.91 Å². The van der Waals surface area contributed by atoms with E-state index in [1.54, 1.807) is 31.4 Å². The summed E-state index contributed by atoms with van der Waals surface area (Å²) in [5, 5.41) is 0. The van der Waals surface area contributed by atoms with Gasteiger partial charge in [0, 0.05) is 38.3 Å². The van der Waals surface area contributed by atoms with Crippen LogP contribution >= 0.6 is 0 Å². The molecule has 6 nitrogen and oxygen atoms in total. The largest absolute Gasteiger partial charge is 0.497 e. The fourth-order valence-corrected chi connectivity index (χ4v) is 3.19. The normalized spacial score (nSPS) is 14.7. The lowest BCUT2D eigenvalue weighted by Crippen LogP contribution is -2.48. The third-order valence-corrected chi connectivity index (χ3v) is 4.75. The van der Waals surface area contributed by atoms with E-state index >= 15 is 0 Å². The Kier molecular flexibility index (Phi) is 6.08. The minimum atomic E-state index is -0.403. The van der Waals surface area contributed by atoms with Crippen LogP contribution < -0.4 is 4.74 Å². The van der Waals surface area contributed by atoms with Crippen molar-refractivity contribution in [3.05, 3.63) is 65.2 Å². The molecule has 0 radical (unpaired) electrons. The third-order valence-electron chi connectivity index (χ3n) is 4.75. The molecule has 0 bridgehead atoms. The fourth-order valence-electron chi connectivity index (χ4n) is 3.19. The predicted molar refractivity (Wildman–Crippen MR) is 102 cm³/mol. The van der Waals surface area contributed by atoms with Crippen LogP contribution in [-0.2, 0) is 11.3 Å². The highest BCUT2D eigenvalue weighted by Crippen LogP contribution is 2.16. The first kappa shape index (κ1) is 18.9. The Labute approximate surface area is 159 Å². The highest BCUT2D eigenvalue weighted by atomic mass is 16.5. The Morgan fingerprint density at radius 3 is 2.22 bits per heavy atom. The standard InChI is InChI=1S/C21H24N2O4/c1-26-19-5-3-4-16(14-19)15-22-10-12-23(13-11-22)20(24)17-6-8-18(9-7-17)21(25)27-2/h3-9,14H,10-13,15H2,1-2H3. The van der Waals surface area contributed by atoms with Crippen LogP contribution in [0.1, 0.15) is 26.3 Å². The van der Waals surface area contributed by atoms with Gasteiger partial charge in [0.2, 0.25) is 0 Å². The highest BCUT2D eigenvalue weighted by Gasteiger charge is 2.22. The lowest BCUT2D eigenvalue weighted by Gasteiger charge is -2.34. The molecule has 0 aliphatic carbocycles. The van der Waals surface area contributed by atoms with E-state index in [0.29, 0.717) is 24.2 Å². The average Bonchev–Trinajstić information content (AvgIpc) is 2.73. The molecule has 1 aliphatic rings. The number of hydrogen-bond donors (Lipinski definition) is 0. The zero-order valence-electron chi connectivity index (χ0n) is 15.7. The molecule has 1 amide bonds. The number of ether oxygens (including phenoxy) is 2. The van der Waals surface area contributed by atoms with Crippen LogP contribution in [0.25, 0.3) is 0 Å². The van der Waals surface area contributed by atoms with Crippen molar-refractivity contribution in [1.29, 1.82) is 0 Å². The Morgan fingerprint density at radius 1 is 0.926 bits per heavy atom. The minimum Gasteiger partial charge on any atom is -0.497 e. The fraction of sp³-hybridized carbons (Fsp3) is 0.333. The Morgan fingerprint density at radius 2 is 1.59 bits per heavy atom. The summed E-state index contributed by atoms with van der Waals surface area (Å²) in [4.78, 5) is 28.4.